The van der Waals surface area contributed by atoms with E-state index in [0.717, 1.165) is 34.4 Å². The number of benzene rings is 1. The normalized spacial score (nSPS) is 20.0. The summed E-state index contributed by atoms with van der Waals surface area (Å²) < 4.78 is 15.0. The second-order valence-corrected chi connectivity index (χ2v) is 9.52. The van der Waals surface area contributed by atoms with Crippen LogP contribution in [0.25, 0.3) is 16.6 Å². The van der Waals surface area contributed by atoms with Gasteiger partial charge >= 0.3 is 0 Å². The van der Waals surface area contributed by atoms with Gasteiger partial charge in [0.15, 0.2) is 0 Å². The molecule has 2 atom stereocenters. The average Bonchev–Trinajstić information content (AvgIpc) is 3.15. The Kier molecular flexibility index (Phi) is 6.81. The Morgan fingerprint density at radius 1 is 1.33 bits per heavy atom. The molecular formula is C22H26B2FN7S. The number of rotatable bonds is 6. The number of piperidine rings is 1. The quantitative estimate of drug-likeness (QED) is 0.336. The van der Waals surface area contributed by atoms with Gasteiger partial charge in [-0.25, -0.2) is 13.9 Å². The number of hydrogen-bond acceptors (Lipinski definition) is 7. The third-order valence-corrected chi connectivity index (χ3v) is 5.97. The lowest BCUT2D eigenvalue weighted by atomic mass is 9.67. The zero-order chi connectivity index (χ0) is 23.8. The van der Waals surface area contributed by atoms with Gasteiger partial charge < -0.3 is 10.2 Å². The van der Waals surface area contributed by atoms with Crippen molar-refractivity contribution >= 4 is 45.5 Å². The maximum atomic E-state index is 14.6. The summed E-state index contributed by atoms with van der Waals surface area (Å²) in [5, 5.41) is 15.8. The molecule has 33 heavy (non-hydrogen) atoms. The molecule has 0 bridgehead atoms. The number of aryl methyl sites for hydroxylation is 1. The fraction of sp³-hybridized carbons (Fsp3) is 0.455. The van der Waals surface area contributed by atoms with Crippen LogP contribution in [0.4, 0.5) is 16.0 Å². The number of nitrogens with one attached hydrogen (secondary N) is 1. The van der Waals surface area contributed by atoms with Gasteiger partial charge in [-0.2, -0.15) is 22.9 Å². The summed E-state index contributed by atoms with van der Waals surface area (Å²) in [5.41, 5.74) is 5.12. The van der Waals surface area contributed by atoms with Gasteiger partial charge in [0.2, 0.25) is 5.95 Å². The molecule has 1 aromatic carbocycles. The Morgan fingerprint density at radius 2 is 2.12 bits per heavy atom. The summed E-state index contributed by atoms with van der Waals surface area (Å²) in [6.07, 6.45) is 1.70. The third-order valence-electron chi connectivity index (χ3n) is 5.81. The van der Waals surface area contributed by atoms with Gasteiger partial charge in [-0.3, -0.25) is 0 Å². The van der Waals surface area contributed by atoms with E-state index in [-0.39, 0.29) is 12.5 Å². The van der Waals surface area contributed by atoms with Crippen molar-refractivity contribution in [3.63, 3.8) is 0 Å². The number of aromatic nitrogens is 3. The van der Waals surface area contributed by atoms with E-state index in [0.29, 0.717) is 24.6 Å². The molecule has 11 heteroatoms. The first-order chi connectivity index (χ1) is 15.6. The van der Waals surface area contributed by atoms with Crippen LogP contribution in [0.2, 0.25) is 0 Å². The maximum absolute atomic E-state index is 14.6. The fourth-order valence-electron chi connectivity index (χ4n) is 4.21. The lowest BCUT2D eigenvalue weighted by molar-refractivity contribution is 0.149. The van der Waals surface area contributed by atoms with Gasteiger partial charge in [0, 0.05) is 31.9 Å². The largest absolute Gasteiger partial charge is 0.347 e. The van der Waals surface area contributed by atoms with Crippen LogP contribution in [0.5, 0.6) is 0 Å². The minimum Gasteiger partial charge on any atom is -0.347 e. The number of anilines is 1. The molecule has 7 nitrogen and oxygen atoms in total. The van der Waals surface area contributed by atoms with Crippen molar-refractivity contribution in [1.82, 2.24) is 19.5 Å². The van der Waals surface area contributed by atoms with Gasteiger partial charge in [-0.1, -0.05) is 10.6 Å². The summed E-state index contributed by atoms with van der Waals surface area (Å²) >= 11 is 4.31. The Bertz CT molecular complexity index is 1180. The minimum atomic E-state index is -1.27. The predicted molar refractivity (Wildman–Crippen MR) is 135 cm³/mol. The third kappa shape index (κ3) is 5.41. The van der Waals surface area contributed by atoms with E-state index in [9.17, 15) is 4.39 Å². The second-order valence-electron chi connectivity index (χ2n) is 8.69. The van der Waals surface area contributed by atoms with E-state index in [1.54, 1.807) is 11.6 Å². The van der Waals surface area contributed by atoms with Gasteiger partial charge in [-0.15, -0.1) is 5.10 Å². The van der Waals surface area contributed by atoms with Gasteiger partial charge in [0.05, 0.1) is 38.6 Å². The molecule has 1 aliphatic rings. The summed E-state index contributed by atoms with van der Waals surface area (Å²) in [5.74, 6) is 0.337. The lowest BCUT2D eigenvalue weighted by Gasteiger charge is -2.32. The van der Waals surface area contributed by atoms with Crippen molar-refractivity contribution in [2.24, 2.45) is 10.2 Å². The standard InChI is InChI=1S/C22H26B2FN7S/c1-13-10-14(4-5-17(13)29-26-2)15-6-9-32-20(15)19(11-22(23,24)33)28-21(30-32)27-18-7-8-31(3)12-16(18)25/h4-6,9-10,16,18,33H,7-8,11-12H2,1-3H3,(H,27,30). The highest BCUT2D eigenvalue weighted by molar-refractivity contribution is 7.84. The van der Waals surface area contributed by atoms with E-state index in [4.69, 9.17) is 20.7 Å². The molecule has 1 N–H and O–H groups in total. The van der Waals surface area contributed by atoms with E-state index in [2.05, 4.69) is 33.3 Å². The molecule has 0 amide bonds. The Morgan fingerprint density at radius 3 is 2.79 bits per heavy atom. The van der Waals surface area contributed by atoms with Crippen LogP contribution in [0.3, 0.4) is 0 Å². The Balaban J connectivity index is 1.76. The van der Waals surface area contributed by atoms with Crippen LogP contribution in [0, 0.1) is 6.92 Å². The molecule has 3 heterocycles. The van der Waals surface area contributed by atoms with Gasteiger partial charge in [-0.05, 0) is 56.1 Å². The molecule has 2 aromatic heterocycles. The number of azo groups is 1. The highest BCUT2D eigenvalue weighted by Crippen LogP contribution is 2.33. The molecule has 0 spiro atoms. The van der Waals surface area contributed by atoms with Crippen LogP contribution in [0.15, 0.2) is 40.7 Å². The molecule has 3 aromatic rings. The number of likely N-dealkylation sites (tertiary alicyclic amines) is 1. The summed E-state index contributed by atoms with van der Waals surface area (Å²) in [6.45, 7) is 3.16. The van der Waals surface area contributed by atoms with Crippen molar-refractivity contribution in [1.29, 1.82) is 0 Å². The molecule has 1 fully saturated rings. The van der Waals surface area contributed by atoms with Crippen molar-refractivity contribution in [3.8, 4) is 11.1 Å². The topological polar surface area (TPSA) is 70.2 Å². The van der Waals surface area contributed by atoms with E-state index < -0.39 is 10.7 Å². The van der Waals surface area contributed by atoms with Crippen molar-refractivity contribution in [2.45, 2.75) is 36.5 Å². The average molecular weight is 461 g/mol. The summed E-state index contributed by atoms with van der Waals surface area (Å²) in [7, 11) is 15.6. The smallest absolute Gasteiger partial charge is 0.241 e. The first-order valence-corrected chi connectivity index (χ1v) is 11.3. The lowest BCUT2D eigenvalue weighted by Crippen LogP contribution is -2.46. The highest BCUT2D eigenvalue weighted by atomic mass is 32.1. The highest BCUT2D eigenvalue weighted by Gasteiger charge is 2.29. The second kappa shape index (κ2) is 9.46. The van der Waals surface area contributed by atoms with E-state index >= 15 is 0 Å². The molecular weight excluding hydrogens is 435 g/mol. The van der Waals surface area contributed by atoms with Crippen molar-refractivity contribution in [2.75, 3.05) is 32.5 Å². The molecule has 168 valence electrons. The van der Waals surface area contributed by atoms with Gasteiger partial charge in [0.25, 0.3) is 0 Å². The van der Waals surface area contributed by atoms with E-state index in [1.165, 1.54) is 0 Å². The monoisotopic (exact) mass is 461 g/mol. The SMILES string of the molecule is [B]C([B])(S)Cc1nc(NC2CCN(C)CC2F)nn2ccc(-c3ccc(N=NC)c(C)c3)c12. The van der Waals surface area contributed by atoms with Crippen LogP contribution in [-0.4, -0.2) is 79.1 Å². The van der Waals surface area contributed by atoms with Crippen LogP contribution >= 0.6 is 12.6 Å². The maximum Gasteiger partial charge on any atom is 0.241 e. The predicted octanol–water partition coefficient (Wildman–Crippen LogP) is 3.34. The number of alkyl halides is 1. The number of hydrogen-bond donors (Lipinski definition) is 2. The first kappa shape index (κ1) is 23.8. The number of fused-ring (bicyclic) bond motifs is 1. The van der Waals surface area contributed by atoms with Crippen molar-refractivity contribution < 1.29 is 4.39 Å². The molecule has 1 aliphatic heterocycles. The zero-order valence-corrected chi connectivity index (χ0v) is 19.9. The molecule has 0 aliphatic carbocycles. The number of nitrogens with zero attached hydrogens (tertiary/aromatic N) is 6. The van der Waals surface area contributed by atoms with Crippen LogP contribution in [0.1, 0.15) is 17.7 Å². The number of halogens is 1. The fourth-order valence-corrected chi connectivity index (χ4v) is 4.36. The van der Waals surface area contributed by atoms with Crippen LogP contribution < -0.4 is 5.32 Å². The summed E-state index contributed by atoms with van der Waals surface area (Å²) in [4.78, 5) is 6.67. The molecule has 4 radical (unpaired) electrons. The molecule has 0 saturated carbocycles. The summed E-state index contributed by atoms with van der Waals surface area (Å²) in [6, 6.07) is 7.55. The minimum absolute atomic E-state index is 0.196. The molecule has 1 saturated heterocycles. The van der Waals surface area contributed by atoms with Crippen molar-refractivity contribution in [3.05, 3.63) is 41.7 Å². The Hall–Kier alpha value is -2.39. The van der Waals surface area contributed by atoms with Crippen LogP contribution in [-0.2, 0) is 6.42 Å². The molecule has 4 rings (SSSR count). The first-order valence-electron chi connectivity index (χ1n) is 10.8. The van der Waals surface area contributed by atoms with E-state index in [1.807, 2.05) is 49.3 Å². The Labute approximate surface area is 201 Å². The molecule has 2 unspecified atom stereocenters. The number of thiol groups is 1. The zero-order valence-electron chi connectivity index (χ0n) is 19.0. The van der Waals surface area contributed by atoms with Gasteiger partial charge in [0.1, 0.15) is 6.17 Å².